The molecule has 34 heavy (non-hydrogen) atoms. The van der Waals surface area contributed by atoms with E-state index in [4.69, 9.17) is 19.7 Å². The van der Waals surface area contributed by atoms with Crippen molar-refractivity contribution in [2.24, 2.45) is 7.05 Å². The largest absolute Gasteiger partial charge is 0.497 e. The van der Waals surface area contributed by atoms with E-state index in [0.29, 0.717) is 11.9 Å². The summed E-state index contributed by atoms with van der Waals surface area (Å²) >= 11 is 0. The number of nitrogens with one attached hydrogen (secondary N) is 1. The maximum Gasteiger partial charge on any atom is 0.167 e. The Morgan fingerprint density at radius 3 is 2.50 bits per heavy atom. The van der Waals surface area contributed by atoms with Crippen LogP contribution in [0.4, 0.5) is 5.82 Å². The van der Waals surface area contributed by atoms with Gasteiger partial charge in [-0.1, -0.05) is 31.4 Å². The molecule has 1 aliphatic carbocycles. The first-order valence-corrected chi connectivity index (χ1v) is 12.2. The molecule has 1 aromatic carbocycles. The smallest absolute Gasteiger partial charge is 0.167 e. The van der Waals surface area contributed by atoms with Gasteiger partial charge in [0.2, 0.25) is 0 Å². The Morgan fingerprint density at radius 1 is 1.06 bits per heavy atom. The summed E-state index contributed by atoms with van der Waals surface area (Å²) in [7, 11) is 3.65. The molecule has 3 aromatic heterocycles. The van der Waals surface area contributed by atoms with Crippen LogP contribution in [0.5, 0.6) is 5.75 Å². The van der Waals surface area contributed by atoms with Crippen molar-refractivity contribution in [2.75, 3.05) is 19.0 Å². The van der Waals surface area contributed by atoms with E-state index in [9.17, 15) is 0 Å². The molecule has 0 saturated heterocycles. The summed E-state index contributed by atoms with van der Waals surface area (Å²) in [6, 6.07) is 8.64. The molecule has 1 saturated carbocycles. The van der Waals surface area contributed by atoms with Crippen molar-refractivity contribution in [2.45, 2.75) is 58.4 Å². The quantitative estimate of drug-likeness (QED) is 0.418. The average Bonchev–Trinajstić information content (AvgIpc) is 3.40. The molecule has 1 fully saturated rings. The van der Waals surface area contributed by atoms with E-state index in [0.717, 1.165) is 52.6 Å². The third kappa shape index (κ3) is 4.24. The minimum atomic E-state index is 0.449. The summed E-state index contributed by atoms with van der Waals surface area (Å²) in [4.78, 5) is 14.8. The van der Waals surface area contributed by atoms with Crippen molar-refractivity contribution in [3.05, 3.63) is 47.5 Å². The van der Waals surface area contributed by atoms with E-state index in [1.54, 1.807) is 7.11 Å². The van der Waals surface area contributed by atoms with Crippen LogP contribution in [0, 0.1) is 13.8 Å². The van der Waals surface area contributed by atoms with Crippen molar-refractivity contribution >= 4 is 17.0 Å². The second-order valence-electron chi connectivity index (χ2n) is 9.21. The van der Waals surface area contributed by atoms with Gasteiger partial charge in [-0.2, -0.15) is 5.10 Å². The lowest BCUT2D eigenvalue weighted by Crippen LogP contribution is -2.13. The predicted molar refractivity (Wildman–Crippen MR) is 134 cm³/mol. The van der Waals surface area contributed by atoms with Crippen LogP contribution in [-0.4, -0.2) is 43.0 Å². The Hall–Kier alpha value is -3.42. The van der Waals surface area contributed by atoms with Crippen molar-refractivity contribution in [3.63, 3.8) is 0 Å². The highest BCUT2D eigenvalue weighted by Crippen LogP contribution is 2.33. The van der Waals surface area contributed by atoms with Gasteiger partial charge in [-0.05, 0) is 50.8 Å². The molecule has 0 spiro atoms. The molecule has 0 unspecified atom stereocenters. The summed E-state index contributed by atoms with van der Waals surface area (Å²) in [5.74, 6) is 2.36. The van der Waals surface area contributed by atoms with Crippen LogP contribution in [-0.2, 0) is 13.5 Å². The van der Waals surface area contributed by atoms with Crippen LogP contribution in [0.3, 0.4) is 0 Å². The van der Waals surface area contributed by atoms with E-state index in [-0.39, 0.29) is 0 Å². The number of benzene rings is 1. The normalized spacial score (nSPS) is 14.6. The molecule has 1 aliphatic rings. The van der Waals surface area contributed by atoms with E-state index in [2.05, 4.69) is 34.0 Å². The van der Waals surface area contributed by atoms with Crippen LogP contribution in [0.2, 0.25) is 0 Å². The monoisotopic (exact) mass is 459 g/mol. The maximum atomic E-state index is 5.27. The van der Waals surface area contributed by atoms with Crippen molar-refractivity contribution in [3.8, 4) is 17.1 Å². The topological polar surface area (TPSA) is 82.7 Å². The first kappa shape index (κ1) is 22.4. The number of anilines is 1. The molecule has 3 heterocycles. The number of hydrogen-bond acceptors (Lipinski definition) is 6. The SMILES string of the molecule is COc1ccc(CCNc2nc(-c3c(C)nn(C)c3C)nc3c2ncn3C2CCCCC2)cc1. The highest BCUT2D eigenvalue weighted by atomic mass is 16.5. The van der Waals surface area contributed by atoms with Gasteiger partial charge in [0.25, 0.3) is 0 Å². The zero-order chi connectivity index (χ0) is 23.7. The number of fused-ring (bicyclic) bond motifs is 1. The summed E-state index contributed by atoms with van der Waals surface area (Å²) in [5.41, 5.74) is 5.98. The number of rotatable bonds is 7. The van der Waals surface area contributed by atoms with Crippen LogP contribution in [0.15, 0.2) is 30.6 Å². The summed E-state index contributed by atoms with van der Waals surface area (Å²) in [6.45, 7) is 4.84. The van der Waals surface area contributed by atoms with Gasteiger partial charge in [-0.3, -0.25) is 4.68 Å². The minimum Gasteiger partial charge on any atom is -0.497 e. The molecule has 0 radical (unpaired) electrons. The second kappa shape index (κ2) is 9.44. The Bertz CT molecular complexity index is 1280. The zero-order valence-corrected chi connectivity index (χ0v) is 20.5. The standard InChI is InChI=1S/C26H33N7O/c1-17-22(18(2)32(3)31-17)24-29-25(27-15-14-19-10-12-21(34-4)13-11-19)23-26(30-24)33(16-28-23)20-8-6-5-7-9-20/h10-13,16,20H,5-9,14-15H2,1-4H3,(H,27,29,30). The minimum absolute atomic E-state index is 0.449. The van der Waals surface area contributed by atoms with Gasteiger partial charge in [0.15, 0.2) is 17.3 Å². The predicted octanol–water partition coefficient (Wildman–Crippen LogP) is 5.01. The Balaban J connectivity index is 1.50. The van der Waals surface area contributed by atoms with Crippen molar-refractivity contribution in [1.29, 1.82) is 0 Å². The summed E-state index contributed by atoms with van der Waals surface area (Å²) in [5, 5.41) is 8.15. The van der Waals surface area contributed by atoms with Gasteiger partial charge < -0.3 is 14.6 Å². The number of nitrogens with zero attached hydrogens (tertiary/aromatic N) is 6. The lowest BCUT2D eigenvalue weighted by molar-refractivity contribution is 0.358. The average molecular weight is 460 g/mol. The van der Waals surface area contributed by atoms with Gasteiger partial charge in [-0.15, -0.1) is 0 Å². The van der Waals surface area contributed by atoms with Gasteiger partial charge >= 0.3 is 0 Å². The lowest BCUT2D eigenvalue weighted by atomic mass is 9.95. The fraction of sp³-hybridized carbons (Fsp3) is 0.462. The van der Waals surface area contributed by atoms with Crippen LogP contribution < -0.4 is 10.1 Å². The lowest BCUT2D eigenvalue weighted by Gasteiger charge is -2.23. The summed E-state index contributed by atoms with van der Waals surface area (Å²) in [6.07, 6.45) is 9.02. The molecule has 0 bridgehead atoms. The molecule has 4 aromatic rings. The molecule has 0 amide bonds. The number of imidazole rings is 1. The number of methoxy groups -OCH3 is 1. The molecule has 8 heteroatoms. The second-order valence-corrected chi connectivity index (χ2v) is 9.21. The molecule has 178 valence electrons. The fourth-order valence-electron chi connectivity index (χ4n) is 4.99. The Labute approximate surface area is 200 Å². The first-order valence-electron chi connectivity index (χ1n) is 12.2. The molecule has 1 N–H and O–H groups in total. The van der Waals surface area contributed by atoms with Crippen LogP contribution in [0.25, 0.3) is 22.6 Å². The third-order valence-corrected chi connectivity index (χ3v) is 6.99. The van der Waals surface area contributed by atoms with Gasteiger partial charge in [0.05, 0.1) is 24.7 Å². The molecule has 8 nitrogen and oxygen atoms in total. The third-order valence-electron chi connectivity index (χ3n) is 6.99. The number of aryl methyl sites for hydroxylation is 2. The first-order chi connectivity index (χ1) is 16.5. The molecule has 0 aliphatic heterocycles. The molecular formula is C26H33N7O. The van der Waals surface area contributed by atoms with Crippen molar-refractivity contribution < 1.29 is 4.74 Å². The van der Waals surface area contributed by atoms with Crippen molar-refractivity contribution in [1.82, 2.24) is 29.3 Å². The summed E-state index contributed by atoms with van der Waals surface area (Å²) < 4.78 is 9.44. The highest BCUT2D eigenvalue weighted by Gasteiger charge is 2.23. The fourth-order valence-corrected chi connectivity index (χ4v) is 4.99. The van der Waals surface area contributed by atoms with E-state index < -0.39 is 0 Å². The highest BCUT2D eigenvalue weighted by molar-refractivity contribution is 5.85. The van der Waals surface area contributed by atoms with E-state index in [1.807, 2.05) is 37.1 Å². The Kier molecular flexibility index (Phi) is 6.22. The molecule has 0 atom stereocenters. The van der Waals surface area contributed by atoms with E-state index in [1.165, 1.54) is 37.7 Å². The zero-order valence-electron chi connectivity index (χ0n) is 20.5. The number of aromatic nitrogens is 6. The maximum absolute atomic E-state index is 5.27. The van der Waals surface area contributed by atoms with Gasteiger partial charge in [0.1, 0.15) is 11.3 Å². The Morgan fingerprint density at radius 2 is 1.82 bits per heavy atom. The van der Waals surface area contributed by atoms with Gasteiger partial charge in [0, 0.05) is 25.3 Å². The number of ether oxygens (including phenoxy) is 1. The van der Waals surface area contributed by atoms with Gasteiger partial charge in [-0.25, -0.2) is 15.0 Å². The number of hydrogen-bond donors (Lipinski definition) is 1. The van der Waals surface area contributed by atoms with Crippen LogP contribution >= 0.6 is 0 Å². The van der Waals surface area contributed by atoms with Crippen LogP contribution in [0.1, 0.15) is 55.1 Å². The molecule has 5 rings (SSSR count). The molecular weight excluding hydrogens is 426 g/mol. The van der Waals surface area contributed by atoms with E-state index >= 15 is 0 Å².